The fourth-order valence-electron chi connectivity index (χ4n) is 4.15. The fraction of sp³-hybridized carbons (Fsp3) is 0.269. The van der Waals surface area contributed by atoms with E-state index in [0.29, 0.717) is 6.61 Å². The fourth-order valence-corrected chi connectivity index (χ4v) is 4.81. The maximum absolute atomic E-state index is 6.11. The Morgan fingerprint density at radius 3 is 2.97 bits per heavy atom. The normalized spacial score (nSPS) is 18.9. The van der Waals surface area contributed by atoms with Gasteiger partial charge in [-0.1, -0.05) is 18.2 Å². The van der Waals surface area contributed by atoms with Gasteiger partial charge in [0.1, 0.15) is 12.4 Å². The average molecular weight is 432 g/mol. The summed E-state index contributed by atoms with van der Waals surface area (Å²) in [6.07, 6.45) is 4.06. The van der Waals surface area contributed by atoms with Crippen LogP contribution >= 0.6 is 11.3 Å². The Hall–Kier alpha value is -2.73. The molecule has 1 aliphatic rings. The summed E-state index contributed by atoms with van der Waals surface area (Å²) in [5, 5.41) is 5.40. The van der Waals surface area contributed by atoms with Gasteiger partial charge < -0.3 is 14.2 Å². The molecular formula is C26H25NO3S. The Morgan fingerprint density at radius 2 is 2.10 bits per heavy atom. The quantitative estimate of drug-likeness (QED) is 0.354. The van der Waals surface area contributed by atoms with Crippen LogP contribution in [0.15, 0.2) is 71.6 Å². The van der Waals surface area contributed by atoms with Crippen molar-refractivity contribution in [2.24, 2.45) is 0 Å². The molecule has 0 aliphatic carbocycles. The first kappa shape index (κ1) is 20.2. The predicted octanol–water partition coefficient (Wildman–Crippen LogP) is 6.41. The van der Waals surface area contributed by atoms with E-state index in [0.717, 1.165) is 41.7 Å². The van der Waals surface area contributed by atoms with Crippen LogP contribution in [0.1, 0.15) is 30.1 Å². The van der Waals surface area contributed by atoms with Crippen LogP contribution in [0.2, 0.25) is 0 Å². The molecular weight excluding hydrogens is 406 g/mol. The topological polar surface area (TPSA) is 40.6 Å². The lowest BCUT2D eigenvalue weighted by Crippen LogP contribution is -2.25. The Balaban J connectivity index is 1.31. The third-order valence-electron chi connectivity index (χ3n) is 5.84. The smallest absolute Gasteiger partial charge is 0.122 e. The van der Waals surface area contributed by atoms with E-state index in [1.807, 2.05) is 18.3 Å². The lowest BCUT2D eigenvalue weighted by Gasteiger charge is -2.29. The monoisotopic (exact) mass is 431 g/mol. The van der Waals surface area contributed by atoms with E-state index in [1.54, 1.807) is 18.4 Å². The van der Waals surface area contributed by atoms with Crippen molar-refractivity contribution in [3.8, 4) is 16.9 Å². The van der Waals surface area contributed by atoms with Gasteiger partial charge in [0.05, 0.1) is 17.7 Å². The number of methoxy groups -OCH3 is 1. The number of aromatic nitrogens is 1. The van der Waals surface area contributed by atoms with E-state index in [-0.39, 0.29) is 12.2 Å². The standard InChI is InChI=1S/C26H25NO3S/c1-28-21-8-11-29-26(15-21)19-4-2-3-18(13-19)16-30-22-5-6-24-23(20-9-12-31-17-20)7-10-27-25(24)14-22/h2-7,9-10,12-14,17,21,26H,8,11,15-16H2,1H3. The minimum Gasteiger partial charge on any atom is -0.489 e. The number of thiophene rings is 1. The number of pyridine rings is 1. The molecule has 0 radical (unpaired) electrons. The summed E-state index contributed by atoms with van der Waals surface area (Å²) in [7, 11) is 1.78. The minimum absolute atomic E-state index is 0.0824. The van der Waals surface area contributed by atoms with Crippen molar-refractivity contribution in [3.05, 3.63) is 82.7 Å². The van der Waals surface area contributed by atoms with E-state index < -0.39 is 0 Å². The average Bonchev–Trinajstić information content (AvgIpc) is 3.37. The zero-order valence-electron chi connectivity index (χ0n) is 17.5. The first-order valence-corrected chi connectivity index (χ1v) is 11.5. The molecule has 5 heteroatoms. The largest absolute Gasteiger partial charge is 0.489 e. The van der Waals surface area contributed by atoms with Crippen LogP contribution in [0.4, 0.5) is 0 Å². The highest BCUT2D eigenvalue weighted by atomic mass is 32.1. The summed E-state index contributed by atoms with van der Waals surface area (Å²) >= 11 is 1.70. The number of hydrogen-bond donors (Lipinski definition) is 0. The van der Waals surface area contributed by atoms with Crippen LogP contribution in [-0.2, 0) is 16.1 Å². The molecule has 4 nitrogen and oxygen atoms in total. The summed E-state index contributed by atoms with van der Waals surface area (Å²) in [6, 6.07) is 18.8. The molecule has 4 aromatic rings. The first-order chi connectivity index (χ1) is 15.3. The van der Waals surface area contributed by atoms with Crippen LogP contribution in [0.5, 0.6) is 5.75 Å². The Kier molecular flexibility index (Phi) is 5.98. The van der Waals surface area contributed by atoms with Gasteiger partial charge in [-0.25, -0.2) is 0 Å². The molecule has 1 fully saturated rings. The molecule has 0 N–H and O–H groups in total. The lowest BCUT2D eigenvalue weighted by molar-refractivity contribution is -0.0599. The molecule has 3 heterocycles. The zero-order valence-corrected chi connectivity index (χ0v) is 18.3. The number of rotatable bonds is 6. The van der Waals surface area contributed by atoms with Crippen LogP contribution < -0.4 is 4.74 Å². The van der Waals surface area contributed by atoms with Gasteiger partial charge in [-0.2, -0.15) is 11.3 Å². The first-order valence-electron chi connectivity index (χ1n) is 10.6. The molecule has 1 saturated heterocycles. The predicted molar refractivity (Wildman–Crippen MR) is 125 cm³/mol. The lowest BCUT2D eigenvalue weighted by atomic mass is 9.98. The van der Waals surface area contributed by atoms with Crippen molar-refractivity contribution in [3.63, 3.8) is 0 Å². The molecule has 0 saturated carbocycles. The van der Waals surface area contributed by atoms with Gasteiger partial charge in [-0.15, -0.1) is 0 Å². The Labute approximate surface area is 186 Å². The highest BCUT2D eigenvalue weighted by Gasteiger charge is 2.23. The third kappa shape index (κ3) is 4.49. The number of benzene rings is 2. The summed E-state index contributed by atoms with van der Waals surface area (Å²) in [4.78, 5) is 4.55. The Bertz CT molecular complexity index is 1160. The number of nitrogens with zero attached hydrogens (tertiary/aromatic N) is 1. The van der Waals surface area contributed by atoms with Gasteiger partial charge in [-0.3, -0.25) is 4.98 Å². The molecule has 1 aliphatic heterocycles. The van der Waals surface area contributed by atoms with Crippen molar-refractivity contribution in [1.82, 2.24) is 4.98 Å². The van der Waals surface area contributed by atoms with E-state index in [9.17, 15) is 0 Å². The third-order valence-corrected chi connectivity index (χ3v) is 6.53. The van der Waals surface area contributed by atoms with Gasteiger partial charge in [0.15, 0.2) is 0 Å². The maximum atomic E-state index is 6.11. The molecule has 2 aromatic heterocycles. The van der Waals surface area contributed by atoms with E-state index in [4.69, 9.17) is 14.2 Å². The van der Waals surface area contributed by atoms with E-state index in [1.165, 1.54) is 16.7 Å². The van der Waals surface area contributed by atoms with Gasteiger partial charge in [0.2, 0.25) is 0 Å². The van der Waals surface area contributed by atoms with Crippen LogP contribution in [0.25, 0.3) is 22.0 Å². The maximum Gasteiger partial charge on any atom is 0.122 e. The van der Waals surface area contributed by atoms with Crippen molar-refractivity contribution in [2.75, 3.05) is 13.7 Å². The van der Waals surface area contributed by atoms with Crippen molar-refractivity contribution in [2.45, 2.75) is 31.7 Å². The van der Waals surface area contributed by atoms with Crippen LogP contribution in [0.3, 0.4) is 0 Å². The minimum atomic E-state index is 0.0824. The molecule has 158 valence electrons. The number of hydrogen-bond acceptors (Lipinski definition) is 5. The highest BCUT2D eigenvalue weighted by Crippen LogP contribution is 2.32. The van der Waals surface area contributed by atoms with Gasteiger partial charge >= 0.3 is 0 Å². The summed E-state index contributed by atoms with van der Waals surface area (Å²) in [6.45, 7) is 1.24. The molecule has 31 heavy (non-hydrogen) atoms. The van der Waals surface area contributed by atoms with E-state index in [2.05, 4.69) is 58.2 Å². The number of ether oxygens (including phenoxy) is 3. The molecule has 2 atom stereocenters. The van der Waals surface area contributed by atoms with Crippen molar-refractivity contribution in [1.29, 1.82) is 0 Å². The summed E-state index contributed by atoms with van der Waals surface area (Å²) in [5.41, 5.74) is 5.68. The molecule has 5 rings (SSSR count). The number of fused-ring (bicyclic) bond motifs is 1. The van der Waals surface area contributed by atoms with E-state index >= 15 is 0 Å². The second kappa shape index (κ2) is 9.18. The highest BCUT2D eigenvalue weighted by molar-refractivity contribution is 7.08. The Morgan fingerprint density at radius 1 is 1.13 bits per heavy atom. The molecule has 0 bridgehead atoms. The second-order valence-corrected chi connectivity index (χ2v) is 8.60. The molecule has 0 spiro atoms. The van der Waals surface area contributed by atoms with Gasteiger partial charge in [-0.05, 0) is 69.8 Å². The van der Waals surface area contributed by atoms with Gasteiger partial charge in [0.25, 0.3) is 0 Å². The van der Waals surface area contributed by atoms with Crippen molar-refractivity contribution >= 4 is 22.2 Å². The SMILES string of the molecule is COC1CCOC(c2cccc(COc3ccc4c(-c5ccsc5)ccnc4c3)c2)C1. The van der Waals surface area contributed by atoms with Crippen LogP contribution in [-0.4, -0.2) is 24.8 Å². The second-order valence-electron chi connectivity index (χ2n) is 7.82. The van der Waals surface area contributed by atoms with Crippen LogP contribution in [0, 0.1) is 0 Å². The zero-order chi connectivity index (χ0) is 21.0. The van der Waals surface area contributed by atoms with Crippen molar-refractivity contribution < 1.29 is 14.2 Å². The molecule has 0 amide bonds. The molecule has 2 unspecified atom stereocenters. The summed E-state index contributed by atoms with van der Waals surface area (Å²) < 4.78 is 17.6. The summed E-state index contributed by atoms with van der Waals surface area (Å²) in [5.74, 6) is 0.821. The van der Waals surface area contributed by atoms with Gasteiger partial charge in [0, 0.05) is 37.8 Å². The molecule has 2 aromatic carbocycles.